The average molecular weight is 602 g/mol. The molecule has 0 unspecified atom stereocenters. The zero-order chi connectivity index (χ0) is 31.2. The molecule has 0 bridgehead atoms. The van der Waals surface area contributed by atoms with Gasteiger partial charge in [-0.25, -0.2) is 4.39 Å². The van der Waals surface area contributed by atoms with E-state index in [4.69, 9.17) is 18.9 Å². The molecule has 3 aliphatic rings. The van der Waals surface area contributed by atoms with Crippen molar-refractivity contribution in [2.75, 3.05) is 67.6 Å². The lowest BCUT2D eigenvalue weighted by atomic mass is 9.75. The largest absolute Gasteiger partial charge is 0.386 e. The van der Waals surface area contributed by atoms with Gasteiger partial charge in [0.25, 0.3) is 0 Å². The number of ether oxygens (including phenoxy) is 4. The predicted molar refractivity (Wildman–Crippen MR) is 166 cm³/mol. The summed E-state index contributed by atoms with van der Waals surface area (Å²) in [5.74, 6) is 0.478. The first-order chi connectivity index (χ1) is 19.6. The van der Waals surface area contributed by atoms with Crippen molar-refractivity contribution in [3.8, 4) is 0 Å². The quantitative estimate of drug-likeness (QED) is 0.438. The molecule has 3 fully saturated rings. The normalized spacial score (nSPS) is 41.8. The second-order valence-corrected chi connectivity index (χ2v) is 15.2. The summed E-state index contributed by atoms with van der Waals surface area (Å²) in [4.78, 5) is 6.78. The Morgan fingerprint density at radius 1 is 1.10 bits per heavy atom. The van der Waals surface area contributed by atoms with E-state index in [0.717, 1.165) is 51.7 Å². The summed E-state index contributed by atoms with van der Waals surface area (Å²) in [7, 11) is 8.00. The lowest BCUT2D eigenvalue weighted by molar-refractivity contribution is -0.298. The maximum absolute atomic E-state index is 13.7. The van der Waals surface area contributed by atoms with Gasteiger partial charge in [0.1, 0.15) is 12.3 Å². The molecule has 0 aromatic rings. The number of hydrogen-bond acceptors (Lipinski definition) is 8. The fourth-order valence-corrected chi connectivity index (χ4v) is 7.87. The maximum Gasteiger partial charge on any atom is 0.185 e. The highest BCUT2D eigenvalue weighted by Crippen LogP contribution is 2.39. The maximum atomic E-state index is 13.7. The summed E-state index contributed by atoms with van der Waals surface area (Å²) >= 11 is 0. The molecule has 0 aromatic carbocycles. The molecule has 0 amide bonds. The fourth-order valence-electron chi connectivity index (χ4n) is 7.87. The van der Waals surface area contributed by atoms with Gasteiger partial charge in [-0.1, -0.05) is 27.7 Å². The second kappa shape index (κ2) is 15.7. The average Bonchev–Trinajstić information content (AvgIpc) is 3.31. The molecule has 248 valence electrons. The van der Waals surface area contributed by atoms with Gasteiger partial charge in [-0.2, -0.15) is 0 Å². The minimum absolute atomic E-state index is 0.0112. The lowest BCUT2D eigenvalue weighted by Gasteiger charge is -2.47. The van der Waals surface area contributed by atoms with Crippen LogP contribution in [0.4, 0.5) is 4.39 Å². The monoisotopic (exact) mass is 601 g/mol. The Morgan fingerprint density at radius 3 is 2.43 bits per heavy atom. The summed E-state index contributed by atoms with van der Waals surface area (Å²) in [6, 6.07) is 0.275. The van der Waals surface area contributed by atoms with Crippen LogP contribution in [-0.4, -0.2) is 136 Å². The zero-order valence-corrected chi connectivity index (χ0v) is 28.5. The van der Waals surface area contributed by atoms with E-state index in [1.54, 1.807) is 7.11 Å². The van der Waals surface area contributed by atoms with Crippen molar-refractivity contribution in [1.29, 1.82) is 0 Å². The van der Waals surface area contributed by atoms with E-state index in [1.165, 1.54) is 0 Å². The summed E-state index contributed by atoms with van der Waals surface area (Å²) in [6.07, 6.45) is 2.79. The fraction of sp³-hybridized carbons (Fsp3) is 1.00. The van der Waals surface area contributed by atoms with Gasteiger partial charge in [0.2, 0.25) is 0 Å². The van der Waals surface area contributed by atoms with Crippen LogP contribution in [0.1, 0.15) is 80.1 Å². The van der Waals surface area contributed by atoms with E-state index in [0.29, 0.717) is 38.1 Å². The highest BCUT2D eigenvalue weighted by atomic mass is 19.1. The molecule has 9 heteroatoms. The van der Waals surface area contributed by atoms with E-state index in [-0.39, 0.29) is 29.6 Å². The SMILES string of the molecule is CO[C@]1(C)C[C@@H](C)CN(C)[C@@H](CCCN2CC[C@@H](F)C2)COCC(C)(C)C[C@@H](C)[C@H]1O[C@@H]1O[C@H](C)C[C@H](N(C)C)[C@H]1O. The van der Waals surface area contributed by atoms with Gasteiger partial charge in [-0.05, 0) is 97.3 Å². The van der Waals surface area contributed by atoms with Crippen molar-refractivity contribution in [3.63, 3.8) is 0 Å². The van der Waals surface area contributed by atoms with E-state index < -0.39 is 24.2 Å². The molecule has 0 radical (unpaired) electrons. The van der Waals surface area contributed by atoms with Crippen molar-refractivity contribution >= 4 is 0 Å². The van der Waals surface area contributed by atoms with Gasteiger partial charge < -0.3 is 38.8 Å². The van der Waals surface area contributed by atoms with Gasteiger partial charge in [0.05, 0.1) is 31.0 Å². The summed E-state index contributed by atoms with van der Waals surface area (Å²) in [6.45, 7) is 18.0. The van der Waals surface area contributed by atoms with Crippen molar-refractivity contribution in [3.05, 3.63) is 0 Å². The number of nitrogens with zero attached hydrogens (tertiary/aromatic N) is 3. The van der Waals surface area contributed by atoms with Crippen LogP contribution < -0.4 is 0 Å². The first-order valence-corrected chi connectivity index (χ1v) is 16.5. The highest BCUT2D eigenvalue weighted by Gasteiger charge is 2.47. The van der Waals surface area contributed by atoms with E-state index in [2.05, 4.69) is 63.3 Å². The highest BCUT2D eigenvalue weighted by molar-refractivity contribution is 4.95. The van der Waals surface area contributed by atoms with Gasteiger partial charge >= 0.3 is 0 Å². The molecule has 3 rings (SSSR count). The Morgan fingerprint density at radius 2 is 1.81 bits per heavy atom. The molecule has 8 nitrogen and oxygen atoms in total. The van der Waals surface area contributed by atoms with Gasteiger partial charge in [-0.15, -0.1) is 0 Å². The molecular weight excluding hydrogens is 537 g/mol. The van der Waals surface area contributed by atoms with E-state index >= 15 is 0 Å². The number of aliphatic hydroxyl groups excluding tert-OH is 1. The molecule has 3 heterocycles. The lowest BCUT2D eigenvalue weighted by Crippen LogP contribution is -2.58. The van der Waals surface area contributed by atoms with E-state index in [9.17, 15) is 9.50 Å². The minimum Gasteiger partial charge on any atom is -0.386 e. The van der Waals surface area contributed by atoms with Gasteiger partial charge in [0, 0.05) is 38.8 Å². The first-order valence-electron chi connectivity index (χ1n) is 16.5. The number of aliphatic hydroxyl groups is 1. The number of halogens is 1. The summed E-state index contributed by atoms with van der Waals surface area (Å²) < 4.78 is 39.5. The Labute approximate surface area is 256 Å². The smallest absolute Gasteiger partial charge is 0.185 e. The Hall–Kier alpha value is -0.390. The van der Waals surface area contributed by atoms with Gasteiger partial charge in [-0.3, -0.25) is 0 Å². The number of likely N-dealkylation sites (N-methyl/N-ethyl adjacent to an activating group) is 2. The first kappa shape index (κ1) is 36.1. The third-order valence-electron chi connectivity index (χ3n) is 10.0. The Balaban J connectivity index is 1.78. The Bertz CT molecular complexity index is 806. The van der Waals surface area contributed by atoms with Crippen LogP contribution in [0.3, 0.4) is 0 Å². The predicted octanol–water partition coefficient (Wildman–Crippen LogP) is 4.44. The third-order valence-corrected chi connectivity index (χ3v) is 10.0. The molecule has 10 atom stereocenters. The number of methoxy groups -OCH3 is 1. The number of alkyl halides is 1. The molecule has 0 aliphatic carbocycles. The zero-order valence-electron chi connectivity index (χ0n) is 28.5. The summed E-state index contributed by atoms with van der Waals surface area (Å²) in [5.41, 5.74) is -0.647. The molecule has 3 aliphatic heterocycles. The molecule has 0 spiro atoms. The molecule has 0 saturated carbocycles. The van der Waals surface area contributed by atoms with Crippen LogP contribution in [0.25, 0.3) is 0 Å². The molecule has 3 saturated heterocycles. The Kier molecular flexibility index (Phi) is 13.5. The number of hydrogen-bond donors (Lipinski definition) is 1. The van der Waals surface area contributed by atoms with Crippen molar-refractivity contribution in [1.82, 2.24) is 14.7 Å². The standard InChI is InChI=1S/C33H64FN3O5/c1-23-17-33(6,39-10)30(42-31-29(38)28(35(7)8)16-25(3)41-31)24(2)18-32(4,5)22-40-21-27(36(9)19-23)12-11-14-37-15-13-26(34)20-37/h23-31,38H,11-22H2,1-10H3/t23-,24-,25-,26-,27+,28+,29-,30-,31+,33-/m1/s1. The van der Waals surface area contributed by atoms with Gasteiger partial charge in [0.15, 0.2) is 6.29 Å². The van der Waals surface area contributed by atoms with E-state index in [1.807, 2.05) is 14.1 Å². The van der Waals surface area contributed by atoms with Crippen LogP contribution in [0.5, 0.6) is 0 Å². The van der Waals surface area contributed by atoms with Crippen LogP contribution >= 0.6 is 0 Å². The minimum atomic E-state index is -0.744. The molecule has 1 N–H and O–H groups in total. The third kappa shape index (κ3) is 10.1. The number of likely N-dealkylation sites (tertiary alicyclic amines) is 1. The topological polar surface area (TPSA) is 66.9 Å². The second-order valence-electron chi connectivity index (χ2n) is 15.2. The van der Waals surface area contributed by atoms with Crippen LogP contribution in [-0.2, 0) is 18.9 Å². The van der Waals surface area contributed by atoms with Crippen molar-refractivity contribution in [2.24, 2.45) is 17.3 Å². The van der Waals surface area contributed by atoms with Crippen LogP contribution in [0.2, 0.25) is 0 Å². The molecule has 42 heavy (non-hydrogen) atoms. The molecular formula is C33H64FN3O5. The summed E-state index contributed by atoms with van der Waals surface area (Å²) in [5, 5.41) is 11.3. The van der Waals surface area contributed by atoms with Crippen LogP contribution in [0.15, 0.2) is 0 Å². The van der Waals surface area contributed by atoms with Crippen LogP contribution in [0, 0.1) is 17.3 Å². The van der Waals surface area contributed by atoms with Crippen molar-refractivity contribution < 1.29 is 28.4 Å². The number of rotatable bonds is 8. The van der Waals surface area contributed by atoms with Crippen molar-refractivity contribution in [2.45, 2.75) is 129 Å². The molecule has 0 aromatic heterocycles.